The maximum absolute atomic E-state index is 13.0. The number of phosphoric acid groups is 2. The molecule has 0 aromatic carbocycles. The SMILES string of the molecule is CCCCCCCCCCCCCCCCCC(=O)O[C@H](COC(=O)CCCCCCCCCCCCCC(C)C)COP(=O)(O)OC[C@@H](O)COP(=O)(O)OC[C@@H](COC(=O)CCCCCCCCC)OC(=O)CCCCCCCCC. The van der Waals surface area contributed by atoms with Gasteiger partial charge in [-0.2, -0.15) is 0 Å². The number of ether oxygens (including phenoxy) is 4. The van der Waals surface area contributed by atoms with Crippen LogP contribution >= 0.6 is 15.6 Å². The highest BCUT2D eigenvalue weighted by molar-refractivity contribution is 7.47. The van der Waals surface area contributed by atoms with E-state index < -0.39 is 97.5 Å². The number of carbonyl (C=O) groups is 4. The molecular weight excluding hydrogens is 1100 g/mol. The molecule has 83 heavy (non-hydrogen) atoms. The van der Waals surface area contributed by atoms with Crippen molar-refractivity contribution in [3.05, 3.63) is 0 Å². The average Bonchev–Trinajstić information content (AvgIpc) is 3.46. The summed E-state index contributed by atoms with van der Waals surface area (Å²) in [5.41, 5.74) is 0. The van der Waals surface area contributed by atoms with Gasteiger partial charge in [-0.25, -0.2) is 9.13 Å². The smallest absolute Gasteiger partial charge is 0.462 e. The fourth-order valence-electron chi connectivity index (χ4n) is 9.58. The highest BCUT2D eigenvalue weighted by Gasteiger charge is 2.30. The predicted octanol–water partition coefficient (Wildman–Crippen LogP) is 17.8. The van der Waals surface area contributed by atoms with Crippen molar-refractivity contribution in [3.8, 4) is 0 Å². The molecule has 492 valence electrons. The van der Waals surface area contributed by atoms with E-state index in [9.17, 15) is 43.2 Å². The Balaban J connectivity index is 5.18. The second-order valence-corrected chi connectivity index (χ2v) is 26.5. The Morgan fingerprint density at radius 1 is 0.325 bits per heavy atom. The number of esters is 4. The Bertz CT molecular complexity index is 1620. The summed E-state index contributed by atoms with van der Waals surface area (Å²) in [5.74, 6) is -1.37. The minimum atomic E-state index is -4.94. The number of aliphatic hydroxyl groups is 1. The first kappa shape index (κ1) is 81.1. The molecule has 5 atom stereocenters. The number of unbranched alkanes of at least 4 members (excludes halogenated alkanes) is 36. The molecule has 0 rings (SSSR count). The van der Waals surface area contributed by atoms with Crippen molar-refractivity contribution in [2.75, 3.05) is 39.6 Å². The van der Waals surface area contributed by atoms with Gasteiger partial charge in [-0.05, 0) is 31.6 Å². The molecule has 2 unspecified atom stereocenters. The molecule has 3 N–H and O–H groups in total. The van der Waals surface area contributed by atoms with E-state index in [1.807, 2.05) is 0 Å². The quantitative estimate of drug-likeness (QED) is 0.0222. The Hall–Kier alpha value is -1.94. The normalized spacial score (nSPS) is 14.2. The van der Waals surface area contributed by atoms with Crippen LogP contribution in [0.25, 0.3) is 0 Å². The molecule has 0 aliphatic rings. The highest BCUT2D eigenvalue weighted by Crippen LogP contribution is 2.45. The Morgan fingerprint density at radius 3 is 0.819 bits per heavy atom. The van der Waals surface area contributed by atoms with Crippen LogP contribution < -0.4 is 0 Å². The van der Waals surface area contributed by atoms with Crippen molar-refractivity contribution in [3.63, 3.8) is 0 Å². The molecule has 19 heteroatoms. The van der Waals surface area contributed by atoms with E-state index in [0.29, 0.717) is 25.7 Å². The number of carbonyl (C=O) groups excluding carboxylic acids is 4. The van der Waals surface area contributed by atoms with Crippen molar-refractivity contribution in [2.45, 2.75) is 342 Å². The zero-order valence-electron chi connectivity index (χ0n) is 53.3. The van der Waals surface area contributed by atoms with Gasteiger partial charge in [0.05, 0.1) is 26.4 Å². The third-order valence-corrected chi connectivity index (χ3v) is 16.7. The van der Waals surface area contributed by atoms with E-state index in [0.717, 1.165) is 121 Å². The van der Waals surface area contributed by atoms with Gasteiger partial charge in [-0.1, -0.05) is 272 Å². The van der Waals surface area contributed by atoms with Gasteiger partial charge in [0.1, 0.15) is 19.3 Å². The van der Waals surface area contributed by atoms with E-state index in [4.69, 9.17) is 37.0 Å². The summed E-state index contributed by atoms with van der Waals surface area (Å²) < 4.78 is 67.8. The van der Waals surface area contributed by atoms with Gasteiger partial charge in [0.15, 0.2) is 12.2 Å². The summed E-state index contributed by atoms with van der Waals surface area (Å²) >= 11 is 0. The summed E-state index contributed by atoms with van der Waals surface area (Å²) in [4.78, 5) is 72.0. The standard InChI is InChI=1S/C64H124O17P2/c1-6-9-12-15-18-19-20-21-22-23-26-30-35-40-45-50-64(69)81-60(54-75-62(67)48-43-38-34-29-27-24-25-28-33-36-41-46-57(4)5)56-79-83(72,73)77-52-58(65)51-76-82(70,71)78-55-59(80-63(68)49-44-39-32-17-14-11-8-3)53-74-61(66)47-42-37-31-16-13-10-7-2/h57-60,65H,6-56H2,1-5H3,(H,70,71)(H,72,73)/t58-,59+,60+/m0/s1. The fraction of sp³-hybridized carbons (Fsp3) is 0.938. The number of hydrogen-bond donors (Lipinski definition) is 3. The van der Waals surface area contributed by atoms with Crippen LogP contribution in [0, 0.1) is 5.92 Å². The van der Waals surface area contributed by atoms with Crippen LogP contribution in [0.5, 0.6) is 0 Å². The molecule has 0 aliphatic heterocycles. The number of rotatable bonds is 64. The van der Waals surface area contributed by atoms with E-state index in [1.54, 1.807) is 0 Å². The second kappa shape index (κ2) is 57.8. The topological polar surface area (TPSA) is 237 Å². The first-order valence-electron chi connectivity index (χ1n) is 33.6. The number of phosphoric ester groups is 2. The first-order valence-corrected chi connectivity index (χ1v) is 36.6. The molecule has 0 heterocycles. The molecule has 0 bridgehead atoms. The molecule has 0 spiro atoms. The van der Waals surface area contributed by atoms with Crippen molar-refractivity contribution in [1.82, 2.24) is 0 Å². The van der Waals surface area contributed by atoms with Gasteiger partial charge in [-0.15, -0.1) is 0 Å². The largest absolute Gasteiger partial charge is 0.472 e. The molecular formula is C64H124O17P2. The van der Waals surface area contributed by atoms with E-state index in [-0.39, 0.29) is 25.7 Å². The zero-order chi connectivity index (χ0) is 61.3. The van der Waals surface area contributed by atoms with Gasteiger partial charge in [-0.3, -0.25) is 37.3 Å². The van der Waals surface area contributed by atoms with Gasteiger partial charge in [0.25, 0.3) is 0 Å². The summed E-state index contributed by atoms with van der Waals surface area (Å²) in [5, 5.41) is 10.5. The predicted molar refractivity (Wildman–Crippen MR) is 331 cm³/mol. The second-order valence-electron chi connectivity index (χ2n) is 23.6. The maximum Gasteiger partial charge on any atom is 0.472 e. The molecule has 0 saturated heterocycles. The third-order valence-electron chi connectivity index (χ3n) is 14.8. The lowest BCUT2D eigenvalue weighted by atomic mass is 10.0. The molecule has 0 aliphatic carbocycles. The molecule has 0 aromatic rings. The monoisotopic (exact) mass is 1230 g/mol. The molecule has 0 fully saturated rings. The van der Waals surface area contributed by atoms with Crippen molar-refractivity contribution < 1.29 is 80.2 Å². The Kier molecular flexibility index (Phi) is 56.4. The van der Waals surface area contributed by atoms with Crippen LogP contribution in [-0.2, 0) is 65.4 Å². The van der Waals surface area contributed by atoms with Crippen LogP contribution in [-0.4, -0.2) is 96.7 Å². The van der Waals surface area contributed by atoms with Gasteiger partial charge >= 0.3 is 39.5 Å². The summed E-state index contributed by atoms with van der Waals surface area (Å²) in [6.07, 6.45) is 41.9. The zero-order valence-corrected chi connectivity index (χ0v) is 55.1. The van der Waals surface area contributed by atoms with E-state index in [1.165, 1.54) is 122 Å². The van der Waals surface area contributed by atoms with E-state index >= 15 is 0 Å². The van der Waals surface area contributed by atoms with Crippen molar-refractivity contribution in [1.29, 1.82) is 0 Å². The average molecular weight is 1230 g/mol. The Labute approximate surface area is 505 Å². The van der Waals surface area contributed by atoms with Crippen LogP contribution in [0.3, 0.4) is 0 Å². The van der Waals surface area contributed by atoms with Crippen molar-refractivity contribution >= 4 is 39.5 Å². The van der Waals surface area contributed by atoms with Crippen LogP contribution in [0.2, 0.25) is 0 Å². The molecule has 0 radical (unpaired) electrons. The third kappa shape index (κ3) is 58.8. The van der Waals surface area contributed by atoms with Gasteiger partial charge in [0, 0.05) is 25.7 Å². The van der Waals surface area contributed by atoms with E-state index in [2.05, 4.69) is 34.6 Å². The van der Waals surface area contributed by atoms with Crippen LogP contribution in [0.1, 0.15) is 324 Å². The summed E-state index contributed by atoms with van der Waals surface area (Å²) in [6.45, 7) is 7.12. The lowest BCUT2D eigenvalue weighted by Gasteiger charge is -2.21. The lowest BCUT2D eigenvalue weighted by molar-refractivity contribution is -0.161. The summed E-state index contributed by atoms with van der Waals surface area (Å²) in [6, 6.07) is 0. The molecule has 17 nitrogen and oxygen atoms in total. The first-order chi connectivity index (χ1) is 40.0. The molecule has 0 saturated carbocycles. The molecule has 0 aromatic heterocycles. The van der Waals surface area contributed by atoms with Crippen molar-refractivity contribution in [2.24, 2.45) is 5.92 Å². The van der Waals surface area contributed by atoms with Crippen LogP contribution in [0.4, 0.5) is 0 Å². The lowest BCUT2D eigenvalue weighted by Crippen LogP contribution is -2.30. The minimum absolute atomic E-state index is 0.103. The fourth-order valence-corrected chi connectivity index (χ4v) is 11.2. The summed E-state index contributed by atoms with van der Waals surface area (Å²) in [7, 11) is -9.88. The highest BCUT2D eigenvalue weighted by atomic mass is 31.2. The maximum atomic E-state index is 13.0. The minimum Gasteiger partial charge on any atom is -0.462 e. The van der Waals surface area contributed by atoms with Crippen LogP contribution in [0.15, 0.2) is 0 Å². The Morgan fingerprint density at radius 2 is 0.554 bits per heavy atom. The van der Waals surface area contributed by atoms with Gasteiger partial charge in [0.2, 0.25) is 0 Å². The molecule has 0 amide bonds. The van der Waals surface area contributed by atoms with Gasteiger partial charge < -0.3 is 33.8 Å². The number of hydrogen-bond acceptors (Lipinski definition) is 15. The number of aliphatic hydroxyl groups excluding tert-OH is 1.